The minimum absolute atomic E-state index is 0.0658. The number of amides is 1. The average Bonchev–Trinajstić information content (AvgIpc) is 3.57. The van der Waals surface area contributed by atoms with Crippen LogP contribution in [0.3, 0.4) is 0 Å². The van der Waals surface area contributed by atoms with Crippen LogP contribution in [0.25, 0.3) is 5.76 Å². The number of aliphatic hydroxyl groups is 1. The number of aryl methyl sites for hydroxylation is 1. The maximum atomic E-state index is 13.3. The zero-order valence-electron chi connectivity index (χ0n) is 20.8. The second-order valence-electron chi connectivity index (χ2n) is 9.64. The quantitative estimate of drug-likeness (QED) is 0.231. The van der Waals surface area contributed by atoms with Crippen LogP contribution in [0.15, 0.2) is 66.8 Å². The number of benzene rings is 2. The molecule has 186 valence electrons. The molecule has 0 bridgehead atoms. The van der Waals surface area contributed by atoms with Crippen LogP contribution in [-0.2, 0) is 22.6 Å². The largest absolute Gasteiger partial charge is 0.507 e. The molecular weight excluding hydrogens is 456 g/mol. The molecule has 1 amide bonds. The van der Waals surface area contributed by atoms with Crippen LogP contribution < -0.4 is 14.2 Å². The van der Waals surface area contributed by atoms with Gasteiger partial charge in [0.05, 0.1) is 18.2 Å². The molecule has 0 spiro atoms. The molecule has 0 aliphatic carbocycles. The van der Waals surface area contributed by atoms with Gasteiger partial charge in [-0.1, -0.05) is 12.1 Å². The molecule has 2 atom stereocenters. The van der Waals surface area contributed by atoms with Crippen molar-refractivity contribution in [2.45, 2.75) is 38.5 Å². The highest BCUT2D eigenvalue weighted by Crippen LogP contribution is 2.41. The smallest absolute Gasteiger partial charge is 0.295 e. The van der Waals surface area contributed by atoms with E-state index < -0.39 is 17.7 Å². The van der Waals surface area contributed by atoms with Crippen molar-refractivity contribution < 1.29 is 24.0 Å². The van der Waals surface area contributed by atoms with E-state index in [9.17, 15) is 14.7 Å². The lowest BCUT2D eigenvalue weighted by molar-refractivity contribution is -0.695. The fraction of sp³-hybridized carbons (Fsp3) is 0.321. The molecule has 1 fully saturated rings. The first-order valence-electron chi connectivity index (χ1n) is 12.2. The Kier molecular flexibility index (Phi) is 6.26. The van der Waals surface area contributed by atoms with Gasteiger partial charge in [0.15, 0.2) is 0 Å². The lowest BCUT2D eigenvalue weighted by atomic mass is 9.94. The number of ketones is 1. The van der Waals surface area contributed by atoms with E-state index in [4.69, 9.17) is 4.74 Å². The molecule has 2 aliphatic rings. The molecule has 3 heterocycles. The summed E-state index contributed by atoms with van der Waals surface area (Å²) in [6.07, 6.45) is 7.07. The van der Waals surface area contributed by atoms with Crippen LogP contribution in [0.5, 0.6) is 5.75 Å². The lowest BCUT2D eigenvalue weighted by Crippen LogP contribution is -2.36. The predicted octanol–water partition coefficient (Wildman–Crippen LogP) is 3.20. The SMILES string of the molecule is CC1Cc2cc(C(O)=C3C(=O)C(=O)N(CCC[n+]4cc[nH]c4)C3c3ccc(N(C)C)cc3)ccc2O1. The van der Waals surface area contributed by atoms with E-state index in [1.54, 1.807) is 11.0 Å². The van der Waals surface area contributed by atoms with Crippen LogP contribution in [-0.4, -0.2) is 53.4 Å². The first-order chi connectivity index (χ1) is 17.3. The minimum Gasteiger partial charge on any atom is -0.507 e. The number of aliphatic hydroxyl groups excluding tert-OH is 1. The van der Waals surface area contributed by atoms with Crippen molar-refractivity contribution in [3.8, 4) is 5.75 Å². The summed E-state index contributed by atoms with van der Waals surface area (Å²) in [5.74, 6) is -0.610. The van der Waals surface area contributed by atoms with Gasteiger partial charge >= 0.3 is 0 Å². The van der Waals surface area contributed by atoms with Gasteiger partial charge < -0.3 is 19.6 Å². The van der Waals surface area contributed by atoms with Crippen molar-refractivity contribution >= 4 is 23.1 Å². The standard InChI is InChI=1S/C28H30N4O4/c1-18-15-21-16-20(7-10-23(21)36-18)26(33)24-25(19-5-8-22(9-6-19)30(2)3)32(28(35)27(24)34)13-4-12-31-14-11-29-17-31/h5-11,14,16-18,25H,4,12-13,15H2,1-3H3,(H,33,34)/p+1. The Labute approximate surface area is 210 Å². The van der Waals surface area contributed by atoms with Crippen molar-refractivity contribution in [3.05, 3.63) is 83.4 Å². The summed E-state index contributed by atoms with van der Waals surface area (Å²) in [5, 5.41) is 11.4. The molecule has 1 saturated heterocycles. The van der Waals surface area contributed by atoms with Crippen LogP contribution in [0, 0.1) is 0 Å². The number of Topliss-reactive ketones (excluding diaryl/α,β-unsaturated/α-hetero) is 1. The Balaban J connectivity index is 1.53. The van der Waals surface area contributed by atoms with Gasteiger partial charge in [0, 0.05) is 44.7 Å². The second-order valence-corrected chi connectivity index (χ2v) is 9.64. The number of nitrogens with zero attached hydrogens (tertiary/aromatic N) is 3. The van der Waals surface area contributed by atoms with Crippen LogP contribution in [0.1, 0.15) is 36.1 Å². The number of likely N-dealkylation sites (tertiary alicyclic amines) is 1. The molecule has 0 saturated carbocycles. The monoisotopic (exact) mass is 487 g/mol. The number of nitrogens with one attached hydrogen (secondary N) is 1. The summed E-state index contributed by atoms with van der Waals surface area (Å²) < 4.78 is 7.77. The number of rotatable bonds is 7. The first-order valence-corrected chi connectivity index (χ1v) is 12.2. The highest BCUT2D eigenvalue weighted by molar-refractivity contribution is 6.46. The zero-order valence-corrected chi connectivity index (χ0v) is 20.8. The maximum absolute atomic E-state index is 13.3. The van der Waals surface area contributed by atoms with E-state index in [0.29, 0.717) is 25.1 Å². The number of ether oxygens (including phenoxy) is 1. The van der Waals surface area contributed by atoms with Gasteiger partial charge in [-0.15, -0.1) is 0 Å². The van der Waals surface area contributed by atoms with Crippen molar-refractivity contribution in [3.63, 3.8) is 0 Å². The fourth-order valence-corrected chi connectivity index (χ4v) is 5.02. The third-order valence-electron chi connectivity index (χ3n) is 6.85. The van der Waals surface area contributed by atoms with E-state index in [2.05, 4.69) is 4.98 Å². The molecule has 2 aliphatic heterocycles. The van der Waals surface area contributed by atoms with Gasteiger partial charge in [-0.2, -0.15) is 0 Å². The topological polar surface area (TPSA) is 89.8 Å². The van der Waals surface area contributed by atoms with Crippen LogP contribution >= 0.6 is 0 Å². The maximum Gasteiger partial charge on any atom is 0.295 e. The highest BCUT2D eigenvalue weighted by Gasteiger charge is 2.46. The Hall–Kier alpha value is -4.07. The molecule has 5 rings (SSSR count). The van der Waals surface area contributed by atoms with Gasteiger partial charge in [-0.3, -0.25) is 14.6 Å². The first kappa shape index (κ1) is 23.7. The molecular formula is C28H31N4O4+. The number of aromatic amines is 1. The zero-order chi connectivity index (χ0) is 25.4. The summed E-state index contributed by atoms with van der Waals surface area (Å²) in [6, 6.07) is 12.5. The Morgan fingerprint density at radius 2 is 1.97 bits per heavy atom. The number of H-pyrrole nitrogens is 1. The molecule has 3 aromatic rings. The molecule has 2 unspecified atom stereocenters. The van der Waals surface area contributed by atoms with E-state index in [1.165, 1.54) is 0 Å². The Morgan fingerprint density at radius 3 is 2.67 bits per heavy atom. The molecule has 2 aromatic carbocycles. The minimum atomic E-state index is -0.666. The molecule has 0 radical (unpaired) electrons. The van der Waals surface area contributed by atoms with Gasteiger partial charge in [-0.25, -0.2) is 4.57 Å². The molecule has 1 aromatic heterocycles. The number of fused-ring (bicyclic) bond motifs is 1. The van der Waals surface area contributed by atoms with Crippen molar-refractivity contribution in [1.29, 1.82) is 0 Å². The van der Waals surface area contributed by atoms with Gasteiger partial charge in [-0.05, 0) is 48.4 Å². The van der Waals surface area contributed by atoms with Gasteiger partial charge in [0.2, 0.25) is 6.33 Å². The van der Waals surface area contributed by atoms with Crippen LogP contribution in [0.4, 0.5) is 5.69 Å². The molecule has 8 nitrogen and oxygen atoms in total. The van der Waals surface area contributed by atoms with E-state index in [1.807, 2.05) is 85.6 Å². The molecule has 36 heavy (non-hydrogen) atoms. The molecule has 8 heteroatoms. The number of anilines is 1. The number of hydrogen-bond acceptors (Lipinski definition) is 5. The third kappa shape index (κ3) is 4.34. The number of hydrogen-bond donors (Lipinski definition) is 2. The number of carbonyl (C=O) groups excluding carboxylic acids is 2. The highest BCUT2D eigenvalue weighted by atomic mass is 16.5. The van der Waals surface area contributed by atoms with Crippen molar-refractivity contribution in [1.82, 2.24) is 9.88 Å². The summed E-state index contributed by atoms with van der Waals surface area (Å²) in [6.45, 7) is 3.07. The van der Waals surface area contributed by atoms with Gasteiger partial charge in [0.1, 0.15) is 30.0 Å². The lowest BCUT2D eigenvalue weighted by Gasteiger charge is -2.25. The van der Waals surface area contributed by atoms with Crippen molar-refractivity contribution in [2.75, 3.05) is 25.5 Å². The summed E-state index contributed by atoms with van der Waals surface area (Å²) in [4.78, 5) is 33.1. The Bertz CT molecular complexity index is 1310. The van der Waals surface area contributed by atoms with Gasteiger partial charge in [0.25, 0.3) is 11.7 Å². The number of aromatic nitrogens is 2. The normalized spacial score (nSPS) is 20.5. The van der Waals surface area contributed by atoms with Crippen molar-refractivity contribution in [2.24, 2.45) is 0 Å². The summed E-state index contributed by atoms with van der Waals surface area (Å²) >= 11 is 0. The van der Waals surface area contributed by atoms with E-state index in [0.717, 1.165) is 29.0 Å². The number of carbonyl (C=O) groups is 2. The third-order valence-corrected chi connectivity index (χ3v) is 6.85. The summed E-state index contributed by atoms with van der Waals surface area (Å²) in [7, 11) is 3.91. The average molecular weight is 488 g/mol. The second kappa shape index (κ2) is 9.53. The molecule has 2 N–H and O–H groups in total. The van der Waals surface area contributed by atoms with E-state index >= 15 is 0 Å². The predicted molar refractivity (Wildman–Crippen MR) is 136 cm³/mol. The summed E-state index contributed by atoms with van der Waals surface area (Å²) in [5.41, 5.74) is 3.42. The van der Waals surface area contributed by atoms with E-state index in [-0.39, 0.29) is 17.4 Å². The van der Waals surface area contributed by atoms with Crippen LogP contribution in [0.2, 0.25) is 0 Å². The fourth-order valence-electron chi connectivity index (χ4n) is 5.02. The Morgan fingerprint density at radius 1 is 1.19 bits per heavy atom. The number of imidazole rings is 1.